The van der Waals surface area contributed by atoms with Gasteiger partial charge < -0.3 is 22.8 Å². The molecule has 9 aromatic heterocycles. The Bertz CT molecular complexity index is 8970. The van der Waals surface area contributed by atoms with Crippen molar-refractivity contribution in [1.29, 1.82) is 0 Å². The lowest BCUT2D eigenvalue weighted by Gasteiger charge is -2.15. The van der Waals surface area contributed by atoms with E-state index in [-0.39, 0.29) is 0 Å². The number of aromatic nitrogens is 10. The van der Waals surface area contributed by atoms with Crippen LogP contribution in [0.1, 0.15) is 0 Å². The maximum Gasteiger partial charge on any atom is 0.149 e. The van der Waals surface area contributed by atoms with E-state index in [4.69, 9.17) is 15.0 Å². The van der Waals surface area contributed by atoms with Crippen LogP contribution in [0.3, 0.4) is 0 Å². The first-order valence-electron chi connectivity index (χ1n) is 44.1. The van der Waals surface area contributed by atoms with E-state index in [9.17, 15) is 0 Å². The summed E-state index contributed by atoms with van der Waals surface area (Å²) in [6.07, 6.45) is 7.42. The van der Waals surface area contributed by atoms with Gasteiger partial charge in [0.15, 0.2) is 0 Å². The third-order valence-corrected chi connectivity index (χ3v) is 25.9. The number of para-hydroxylation sites is 5. The Labute approximate surface area is 747 Å². The van der Waals surface area contributed by atoms with Crippen molar-refractivity contribution >= 4 is 142 Å². The van der Waals surface area contributed by atoms with Crippen molar-refractivity contribution in [2.75, 3.05) is 0 Å². The van der Waals surface area contributed by atoms with Gasteiger partial charge in [-0.15, -0.1) is 0 Å². The first kappa shape index (κ1) is 75.0. The summed E-state index contributed by atoms with van der Waals surface area (Å²) in [6.45, 7) is 0. The molecule has 27 rings (SSSR count). The molecule has 10 heteroatoms. The number of hydrogen-bond donors (Lipinski definition) is 0. The summed E-state index contributed by atoms with van der Waals surface area (Å²) in [7, 11) is 0. The van der Waals surface area contributed by atoms with Crippen LogP contribution in [0, 0.1) is 0 Å². The molecule has 0 aliphatic heterocycles. The second-order valence-corrected chi connectivity index (χ2v) is 33.3. The molecule has 27 aromatic rings. The van der Waals surface area contributed by atoms with Crippen molar-refractivity contribution in [1.82, 2.24) is 47.3 Å². The maximum absolute atomic E-state index is 5.17. The van der Waals surface area contributed by atoms with Gasteiger partial charge in [-0.25, -0.2) is 9.97 Å². The molecule has 0 aliphatic rings. The Kier molecular flexibility index (Phi) is 18.0. The van der Waals surface area contributed by atoms with E-state index in [1.807, 2.05) is 30.7 Å². The van der Waals surface area contributed by atoms with E-state index < -0.39 is 0 Å². The van der Waals surface area contributed by atoms with Crippen LogP contribution in [0.5, 0.6) is 0 Å². The first-order valence-corrected chi connectivity index (χ1v) is 44.1. The average Bonchev–Trinajstić information content (AvgIpc) is 1.55. The molecule has 0 saturated carbocycles. The highest BCUT2D eigenvalue weighted by Crippen LogP contribution is 2.48. The normalized spacial score (nSPS) is 11.7. The minimum Gasteiger partial charge on any atom is -0.309 e. The summed E-state index contributed by atoms with van der Waals surface area (Å²) >= 11 is 0. The fourth-order valence-corrected chi connectivity index (χ4v) is 20.2. The Morgan fingerprint density at radius 2 is 0.531 bits per heavy atom. The van der Waals surface area contributed by atoms with E-state index in [0.717, 1.165) is 100 Å². The van der Waals surface area contributed by atoms with E-state index >= 15 is 0 Å². The lowest BCUT2D eigenvalue weighted by Crippen LogP contribution is -1.97. The number of benzene rings is 18. The van der Waals surface area contributed by atoms with Gasteiger partial charge in [0.2, 0.25) is 0 Å². The Morgan fingerprint density at radius 3 is 1.09 bits per heavy atom. The van der Waals surface area contributed by atoms with Gasteiger partial charge in [0.1, 0.15) is 12.0 Å². The highest BCUT2D eigenvalue weighted by Gasteiger charge is 2.27. The van der Waals surface area contributed by atoms with Crippen LogP contribution in [0.2, 0.25) is 0 Å². The molecule has 0 aliphatic carbocycles. The van der Waals surface area contributed by atoms with Gasteiger partial charge in [0.05, 0.1) is 77.1 Å². The zero-order valence-electron chi connectivity index (χ0n) is 70.5. The van der Waals surface area contributed by atoms with Gasteiger partial charge in [-0.1, -0.05) is 297 Å². The molecule has 608 valence electrons. The van der Waals surface area contributed by atoms with Gasteiger partial charge in [-0.2, -0.15) is 0 Å². The summed E-state index contributed by atoms with van der Waals surface area (Å²) in [5.74, 6) is 0. The maximum atomic E-state index is 5.17. The molecule has 0 N–H and O–H groups in total. The van der Waals surface area contributed by atoms with Crippen LogP contribution in [0.15, 0.2) is 474 Å². The highest BCUT2D eigenvalue weighted by molar-refractivity contribution is 6.29. The van der Waals surface area contributed by atoms with Crippen molar-refractivity contribution in [3.63, 3.8) is 0 Å². The third-order valence-electron chi connectivity index (χ3n) is 25.9. The average molecular weight is 1660 g/mol. The predicted octanol–water partition coefficient (Wildman–Crippen LogP) is 30.7. The SMILES string of the molecule is c1ccc(-c2cc(-c3ccccc3)cc(-n3c4cccnc4c4c3ccc3c5ccccc5n(-c5cc(-c6ccccc6)cc(-c6ccccc6)c5)c34)c2)cc1.c1ccc(-c2cccc(-n3c4ccc5c6ccccc6n(-c6ccccc6)c5c4c4cncnc43)c2)cc1.c1ccc(-n2c3ccccc3c3c2ccc2c4ncccc4n(-c4ccc5ccccc5c4)c23)cc1. The van der Waals surface area contributed by atoms with Gasteiger partial charge in [-0.3, -0.25) is 14.5 Å². The van der Waals surface area contributed by atoms with Crippen LogP contribution in [0.4, 0.5) is 0 Å². The quantitative estimate of drug-likeness (QED) is 0.129. The number of pyridine rings is 2. The van der Waals surface area contributed by atoms with Crippen LogP contribution in [-0.2, 0) is 0 Å². The number of hydrogen-bond acceptors (Lipinski definition) is 4. The molecule has 18 aromatic carbocycles. The minimum atomic E-state index is 0.901. The topological polar surface area (TPSA) is 81.1 Å². The van der Waals surface area contributed by atoms with Crippen molar-refractivity contribution in [2.45, 2.75) is 0 Å². The molecule has 0 fully saturated rings. The Morgan fingerprint density at radius 1 is 0.169 bits per heavy atom. The van der Waals surface area contributed by atoms with E-state index in [2.05, 4.69) is 469 Å². The van der Waals surface area contributed by atoms with Crippen molar-refractivity contribution in [2.24, 2.45) is 0 Å². The largest absolute Gasteiger partial charge is 0.309 e. The van der Waals surface area contributed by atoms with Crippen molar-refractivity contribution in [3.05, 3.63) is 474 Å². The number of fused-ring (bicyclic) bond motifs is 22. The molecule has 0 atom stereocenters. The monoisotopic (exact) mass is 1660 g/mol. The summed E-state index contributed by atoms with van der Waals surface area (Å²) in [5.41, 5.74) is 34.1. The van der Waals surface area contributed by atoms with Gasteiger partial charge in [-0.05, 0) is 218 Å². The first-order chi connectivity index (χ1) is 64.5. The standard InChI is InChI=1S/C53H35N3.C34H22N4.C33H21N3/c1-5-16-36(17-6-1)40-30-41(37-18-7-2-8-19-37)33-44(32-40)55-49-28-27-47-46-24-13-14-25-48(46)56(53(47)51(49)52-50(55)26-15-29-54-52)45-34-42(38-20-9-3-10-21-38)31-43(35-45)39-22-11-4-12-23-39;1-3-10-23(11-4-1)24-12-9-15-26(20-24)38-31-19-18-28-27-16-7-8-17-30(27)37(25-13-5-2-6-14-25)33(28)32(31)29-21-35-22-36-34(29)38;1-2-11-24(12-3-1)35-28-14-7-6-13-26(28)31-29(35)19-18-27-32-30(15-8-20-34-32)36(33(27)31)25-17-16-22-9-4-5-10-23(22)21-25/h1-35H;1-22H;1-21H. The summed E-state index contributed by atoms with van der Waals surface area (Å²) in [5, 5.41) is 14.3. The third kappa shape index (κ3) is 12.5. The molecule has 0 amide bonds. The lowest BCUT2D eigenvalue weighted by molar-refractivity contribution is 1.11. The highest BCUT2D eigenvalue weighted by atomic mass is 15.1. The summed E-state index contributed by atoms with van der Waals surface area (Å²) in [4.78, 5) is 19.3. The van der Waals surface area contributed by atoms with Gasteiger partial charge in [0.25, 0.3) is 0 Å². The second kappa shape index (κ2) is 31.3. The summed E-state index contributed by atoms with van der Waals surface area (Å²) in [6, 6.07) is 161. The molecule has 0 radical (unpaired) electrons. The van der Waals surface area contributed by atoms with E-state index in [0.29, 0.717) is 0 Å². The molecule has 0 bridgehead atoms. The van der Waals surface area contributed by atoms with Crippen LogP contribution in [0.25, 0.3) is 232 Å². The van der Waals surface area contributed by atoms with Crippen molar-refractivity contribution in [3.8, 4) is 89.8 Å². The minimum absolute atomic E-state index is 0.901. The molecule has 130 heavy (non-hydrogen) atoms. The van der Waals surface area contributed by atoms with Crippen LogP contribution in [-0.4, -0.2) is 47.3 Å². The number of nitrogens with zero attached hydrogens (tertiary/aromatic N) is 10. The van der Waals surface area contributed by atoms with Crippen molar-refractivity contribution < 1.29 is 0 Å². The molecule has 0 unspecified atom stereocenters. The molecular weight excluding hydrogens is 1580 g/mol. The zero-order chi connectivity index (χ0) is 85.7. The zero-order valence-corrected chi connectivity index (χ0v) is 70.5. The predicted molar refractivity (Wildman–Crippen MR) is 541 cm³/mol. The fraction of sp³-hybridized carbons (Fsp3) is 0. The summed E-state index contributed by atoms with van der Waals surface area (Å²) < 4.78 is 14.3. The second-order valence-electron chi connectivity index (χ2n) is 33.3. The Hall–Kier alpha value is -17.6. The fourth-order valence-electron chi connectivity index (χ4n) is 20.2. The molecule has 0 spiro atoms. The van der Waals surface area contributed by atoms with Gasteiger partial charge in [0, 0.05) is 101 Å². The molecular formula is C120H78N10. The molecule has 10 nitrogen and oxygen atoms in total. The van der Waals surface area contributed by atoms with E-state index in [1.54, 1.807) is 6.33 Å². The van der Waals surface area contributed by atoms with Gasteiger partial charge >= 0.3 is 0 Å². The van der Waals surface area contributed by atoms with Crippen LogP contribution >= 0.6 is 0 Å². The molecule has 0 saturated heterocycles. The molecule has 9 heterocycles. The smallest absolute Gasteiger partial charge is 0.149 e. The lowest BCUT2D eigenvalue weighted by atomic mass is 9.98. The van der Waals surface area contributed by atoms with E-state index in [1.165, 1.54) is 132 Å². The Balaban J connectivity index is 0.000000109. The van der Waals surface area contributed by atoms with Crippen LogP contribution < -0.4 is 0 Å². The number of rotatable bonds is 11.